The Bertz CT molecular complexity index is 3290. The first-order chi connectivity index (χ1) is 37.4. The minimum atomic E-state index is -0.843. The molecule has 5 aromatic heterocycles. The highest BCUT2D eigenvalue weighted by molar-refractivity contribution is 7.13. The van der Waals surface area contributed by atoms with Gasteiger partial charge in [0.15, 0.2) is 18.2 Å². The minimum absolute atomic E-state index is 0.0111. The van der Waals surface area contributed by atoms with E-state index in [0.717, 1.165) is 59.0 Å². The summed E-state index contributed by atoms with van der Waals surface area (Å²) in [6.07, 6.45) is 6.20. The summed E-state index contributed by atoms with van der Waals surface area (Å²) in [5, 5.41) is 36.6. The summed E-state index contributed by atoms with van der Waals surface area (Å²) in [4.78, 5) is 48.3. The van der Waals surface area contributed by atoms with Crippen LogP contribution in [-0.2, 0) is 16.1 Å². The summed E-state index contributed by atoms with van der Waals surface area (Å²) in [6.45, 7) is 7.58. The van der Waals surface area contributed by atoms with Gasteiger partial charge in [0.05, 0.1) is 39.8 Å². The molecule has 20 heteroatoms. The van der Waals surface area contributed by atoms with E-state index in [1.54, 1.807) is 41.8 Å². The fourth-order valence-electron chi connectivity index (χ4n) is 10.8. The number of aromatic nitrogens is 6. The molecule has 77 heavy (non-hydrogen) atoms. The molecule has 7 aromatic rings. The molecule has 3 aliphatic heterocycles. The number of fused-ring (bicyclic) bond motifs is 2. The Morgan fingerprint density at radius 2 is 1.70 bits per heavy atom. The van der Waals surface area contributed by atoms with Crippen molar-refractivity contribution in [3.63, 3.8) is 0 Å². The Morgan fingerprint density at radius 3 is 2.44 bits per heavy atom. The molecule has 1 aliphatic carbocycles. The molecule has 1 saturated carbocycles. The number of hydrogen-bond acceptors (Lipinski definition) is 18. The predicted molar refractivity (Wildman–Crippen MR) is 288 cm³/mol. The molecule has 2 unspecified atom stereocenters. The number of nitrogens with one attached hydrogen (secondary N) is 1. The van der Waals surface area contributed by atoms with Gasteiger partial charge in [0.2, 0.25) is 17.7 Å². The van der Waals surface area contributed by atoms with Crippen LogP contribution >= 0.6 is 11.3 Å². The number of rotatable bonds is 16. The topological polar surface area (TPSA) is 241 Å². The number of β-amino-alcohol motifs (C(OH)–C–C–N with tert-alkyl or cyclic N) is 1. The Labute approximate surface area is 449 Å². The number of thiazole rings is 1. The Morgan fingerprint density at radius 1 is 0.909 bits per heavy atom. The van der Waals surface area contributed by atoms with E-state index in [9.17, 15) is 19.8 Å². The average Bonchev–Trinajstić information content (AvgIpc) is 4.30. The number of pyridine rings is 2. The summed E-state index contributed by atoms with van der Waals surface area (Å²) in [5.74, 6) is 6.48. The number of anilines is 3. The Hall–Kier alpha value is -8.28. The van der Waals surface area contributed by atoms with Crippen LogP contribution in [0.4, 0.5) is 17.2 Å². The lowest BCUT2D eigenvalue weighted by atomic mass is 9.91. The monoisotopic (exact) mass is 1060 g/mol. The Kier molecular flexibility index (Phi) is 14.6. The molecule has 4 fully saturated rings. The van der Waals surface area contributed by atoms with Gasteiger partial charge in [0.1, 0.15) is 41.4 Å². The first kappa shape index (κ1) is 50.9. The zero-order valence-electron chi connectivity index (χ0n) is 42.9. The van der Waals surface area contributed by atoms with Crippen LogP contribution < -0.4 is 35.1 Å². The van der Waals surface area contributed by atoms with Crippen molar-refractivity contribution in [2.45, 2.75) is 102 Å². The molecule has 8 heterocycles. The third kappa shape index (κ3) is 11.2. The van der Waals surface area contributed by atoms with Crippen molar-refractivity contribution in [1.82, 2.24) is 40.5 Å². The van der Waals surface area contributed by atoms with Crippen molar-refractivity contribution < 1.29 is 38.5 Å². The maximum absolute atomic E-state index is 14.1. The quantitative estimate of drug-likeness (QED) is 0.0717. The van der Waals surface area contributed by atoms with E-state index < -0.39 is 18.1 Å². The number of carbonyl (C=O) groups is 2. The summed E-state index contributed by atoms with van der Waals surface area (Å²) in [7, 11) is 0. The summed E-state index contributed by atoms with van der Waals surface area (Å²) in [5.41, 5.74) is 14.8. The number of carbonyl (C=O) groups excluding carboxylic acids is 2. The van der Waals surface area contributed by atoms with E-state index in [1.807, 2.05) is 93.1 Å². The van der Waals surface area contributed by atoms with Crippen molar-refractivity contribution in [2.24, 2.45) is 5.92 Å². The van der Waals surface area contributed by atoms with E-state index in [-0.39, 0.29) is 79.8 Å². The number of amides is 2. The largest absolute Gasteiger partial charge is 0.507 e. The zero-order chi connectivity index (χ0) is 53.2. The van der Waals surface area contributed by atoms with E-state index >= 15 is 0 Å². The average molecular weight is 1060 g/mol. The molecule has 19 nitrogen and oxygen atoms in total. The fourth-order valence-corrected chi connectivity index (χ4v) is 11.6. The molecule has 5 atom stereocenters. The normalized spacial score (nSPS) is 21.0. The molecule has 2 bridgehead atoms. The first-order valence-corrected chi connectivity index (χ1v) is 26.8. The van der Waals surface area contributed by atoms with Gasteiger partial charge in [-0.25, -0.2) is 15.0 Å². The Balaban J connectivity index is 0.623. The third-order valence-corrected chi connectivity index (χ3v) is 15.7. The SMILES string of the molecule is Cc1ncsc1-c1ccc(CNC(=O)[C@@H]2C[C@@H](O)CN2C(=O)[C@H](c2cc(OCC#Cc3ccc(O[C@H]4C[C@H](Oc5cc(N6C7CCC6CN(c6cc(-c8ccccc8O)nnc6N)C7)ccn5)C4)cn3)no2)C(C)C)cc1. The second-order valence-electron chi connectivity index (χ2n) is 20.4. The van der Waals surface area contributed by atoms with Crippen LogP contribution in [0.2, 0.25) is 0 Å². The molecule has 0 spiro atoms. The summed E-state index contributed by atoms with van der Waals surface area (Å²) >= 11 is 1.58. The van der Waals surface area contributed by atoms with Gasteiger partial charge in [-0.05, 0) is 84.3 Å². The maximum Gasteiger partial charge on any atom is 0.255 e. The third-order valence-electron chi connectivity index (χ3n) is 14.7. The maximum atomic E-state index is 14.1. The number of piperazine rings is 1. The number of aryl methyl sites for hydroxylation is 1. The number of aliphatic hydroxyl groups is 1. The number of hydrogen-bond donors (Lipinski definition) is 4. The van der Waals surface area contributed by atoms with Crippen molar-refractivity contribution >= 4 is 40.3 Å². The molecular formula is C57H59N11O8S. The summed E-state index contributed by atoms with van der Waals surface area (Å²) < 4.78 is 23.9. The van der Waals surface area contributed by atoms with Crippen molar-refractivity contribution in [2.75, 3.05) is 41.8 Å². The molecule has 0 radical (unpaired) electrons. The standard InChI is InChI=1S/C57H59N11O8S/c1-33(2)53(57(72)67-31-41(69)22-48(67)56(71)61-27-35-10-12-36(13-11-35)54-34(3)62-32-77-54)50-26-52(65-76-50)73-20-6-7-37-14-17-42(28-60-37)74-43-23-44(24-43)75-51-21-38(18-19-59-51)68-39-15-16-40(68)30-66(29-39)47-25-46(63-64-55(47)58)45-8-4-5-9-49(45)70/h4-5,8-14,17-19,21,25-26,28,32-33,39-41,43-44,48,53,69-70H,15-16,20,22-24,27,29-31H2,1-3H3,(H2,58,64)(H,61,71)/t39?,40?,41-,43-,44-,48+,53+/m1/s1. The van der Waals surface area contributed by atoms with Crippen LogP contribution in [0, 0.1) is 24.7 Å². The fraction of sp³-hybridized carbons (Fsp3) is 0.368. The van der Waals surface area contributed by atoms with Crippen LogP contribution in [0.5, 0.6) is 23.3 Å². The molecule has 2 amide bonds. The number of nitrogens with zero attached hydrogens (tertiary/aromatic N) is 9. The number of likely N-dealkylation sites (tertiary alicyclic amines) is 1. The highest BCUT2D eigenvalue weighted by atomic mass is 32.1. The predicted octanol–water partition coefficient (Wildman–Crippen LogP) is 6.94. The highest BCUT2D eigenvalue weighted by Crippen LogP contribution is 2.41. The van der Waals surface area contributed by atoms with E-state index in [2.05, 4.69) is 57.3 Å². The van der Waals surface area contributed by atoms with E-state index in [0.29, 0.717) is 53.0 Å². The van der Waals surface area contributed by atoms with Crippen LogP contribution in [-0.4, -0.2) is 120 Å². The lowest BCUT2D eigenvalue weighted by molar-refractivity contribution is -0.141. The number of benzene rings is 2. The second-order valence-corrected chi connectivity index (χ2v) is 21.2. The van der Waals surface area contributed by atoms with Crippen LogP contribution in [0.3, 0.4) is 0 Å². The molecule has 11 rings (SSSR count). The number of ether oxygens (including phenoxy) is 3. The van der Waals surface area contributed by atoms with Crippen LogP contribution in [0.1, 0.15) is 74.6 Å². The molecule has 3 saturated heterocycles. The van der Waals surface area contributed by atoms with Gasteiger partial charge in [0.25, 0.3) is 5.88 Å². The number of para-hydroxylation sites is 1. The van der Waals surface area contributed by atoms with Gasteiger partial charge >= 0.3 is 0 Å². The van der Waals surface area contributed by atoms with Crippen molar-refractivity contribution in [3.8, 4) is 56.8 Å². The van der Waals surface area contributed by atoms with E-state index in [1.165, 1.54) is 4.90 Å². The summed E-state index contributed by atoms with van der Waals surface area (Å²) in [6, 6.07) is 25.9. The number of aliphatic hydroxyl groups excluding tert-OH is 1. The van der Waals surface area contributed by atoms with Gasteiger partial charge in [-0.3, -0.25) is 9.59 Å². The second kappa shape index (κ2) is 22.1. The van der Waals surface area contributed by atoms with Crippen LogP contribution in [0.25, 0.3) is 21.7 Å². The van der Waals surface area contributed by atoms with Gasteiger partial charge in [-0.1, -0.05) is 56.2 Å². The minimum Gasteiger partial charge on any atom is -0.507 e. The lowest BCUT2D eigenvalue weighted by Crippen LogP contribution is -2.54. The number of nitrogen functional groups attached to an aromatic ring is 1. The van der Waals surface area contributed by atoms with Gasteiger partial charge < -0.3 is 54.7 Å². The molecule has 4 aliphatic rings. The van der Waals surface area contributed by atoms with Gasteiger partial charge in [0, 0.05) is 87.1 Å². The zero-order valence-corrected chi connectivity index (χ0v) is 43.7. The molecule has 396 valence electrons. The molecule has 2 aromatic carbocycles. The number of phenols is 1. The van der Waals surface area contributed by atoms with E-state index in [4.69, 9.17) is 24.5 Å². The van der Waals surface area contributed by atoms with Crippen molar-refractivity contribution in [3.05, 3.63) is 126 Å². The van der Waals surface area contributed by atoms with Crippen LogP contribution in [0.15, 0.2) is 107 Å². The number of aromatic hydroxyl groups is 1. The smallest absolute Gasteiger partial charge is 0.255 e. The van der Waals surface area contributed by atoms with Crippen molar-refractivity contribution in [1.29, 1.82) is 0 Å². The molecule has 5 N–H and O–H groups in total. The number of phenolic OH excluding ortho intramolecular Hbond substituents is 1. The van der Waals surface area contributed by atoms with Gasteiger partial charge in [-0.15, -0.1) is 21.5 Å². The number of nitrogens with two attached hydrogens (primary N) is 1. The lowest BCUT2D eigenvalue weighted by Gasteiger charge is -2.43. The first-order valence-electron chi connectivity index (χ1n) is 25.9. The highest BCUT2D eigenvalue weighted by Gasteiger charge is 2.44. The molecular weight excluding hydrogens is 999 g/mol. The van der Waals surface area contributed by atoms with Gasteiger partial charge in [-0.2, -0.15) is 0 Å².